The Morgan fingerprint density at radius 3 is 3.00 bits per heavy atom. The minimum absolute atomic E-state index is 0.0598. The van der Waals surface area contributed by atoms with E-state index in [0.717, 1.165) is 24.2 Å². The van der Waals surface area contributed by atoms with Gasteiger partial charge in [0.05, 0.1) is 25.9 Å². The maximum Gasteiger partial charge on any atom is 0.0755 e. The molecule has 1 aromatic rings. The van der Waals surface area contributed by atoms with Crippen molar-refractivity contribution < 1.29 is 9.84 Å². The van der Waals surface area contributed by atoms with E-state index >= 15 is 0 Å². The van der Waals surface area contributed by atoms with Crippen LogP contribution in [0.2, 0.25) is 0 Å². The van der Waals surface area contributed by atoms with Crippen molar-refractivity contribution in [3.8, 4) is 0 Å². The van der Waals surface area contributed by atoms with E-state index in [1.807, 2.05) is 0 Å². The van der Waals surface area contributed by atoms with Crippen LogP contribution < -0.4 is 10.2 Å². The first-order valence-electron chi connectivity index (χ1n) is 7.25. The first-order valence-corrected chi connectivity index (χ1v) is 8.04. The first kappa shape index (κ1) is 14.3. The van der Waals surface area contributed by atoms with Crippen LogP contribution in [0.1, 0.15) is 18.4 Å². The van der Waals surface area contributed by atoms with Gasteiger partial charge in [-0.15, -0.1) is 0 Å². The predicted octanol–water partition coefficient (Wildman–Crippen LogP) is 1.90. The van der Waals surface area contributed by atoms with E-state index in [9.17, 15) is 5.11 Å². The molecular weight excluding hydrogens is 320 g/mol. The zero-order valence-corrected chi connectivity index (χ0v) is 13.1. The SMILES string of the molecule is OCC1COCCN1c1ccc(Br)cc1CNC1CC1. The molecule has 2 aliphatic rings. The summed E-state index contributed by atoms with van der Waals surface area (Å²) < 4.78 is 6.57. The topological polar surface area (TPSA) is 44.7 Å². The second-order valence-corrected chi connectivity index (χ2v) is 6.45. The molecule has 1 saturated carbocycles. The third-order valence-electron chi connectivity index (χ3n) is 3.95. The molecular formula is C15H21BrN2O2. The van der Waals surface area contributed by atoms with Crippen molar-refractivity contribution in [2.75, 3.05) is 31.3 Å². The van der Waals surface area contributed by atoms with Gasteiger partial charge < -0.3 is 20.1 Å². The third-order valence-corrected chi connectivity index (χ3v) is 4.44. The third kappa shape index (κ3) is 3.34. The van der Waals surface area contributed by atoms with Gasteiger partial charge in [-0.25, -0.2) is 0 Å². The van der Waals surface area contributed by atoms with Crippen LogP contribution in [-0.4, -0.2) is 43.6 Å². The van der Waals surface area contributed by atoms with Crippen LogP contribution in [0.5, 0.6) is 0 Å². The Bertz CT molecular complexity index is 465. The largest absolute Gasteiger partial charge is 0.394 e. The number of ether oxygens (including phenoxy) is 1. The van der Waals surface area contributed by atoms with E-state index in [1.54, 1.807) is 0 Å². The molecule has 0 aromatic heterocycles. The van der Waals surface area contributed by atoms with Crippen LogP contribution in [0.3, 0.4) is 0 Å². The maximum absolute atomic E-state index is 9.55. The molecule has 1 saturated heterocycles. The number of aliphatic hydroxyl groups is 1. The molecule has 0 amide bonds. The Morgan fingerprint density at radius 2 is 2.25 bits per heavy atom. The number of rotatable bonds is 5. The van der Waals surface area contributed by atoms with Crippen LogP contribution >= 0.6 is 15.9 Å². The number of nitrogens with zero attached hydrogens (tertiary/aromatic N) is 1. The Hall–Kier alpha value is -0.620. The molecule has 1 aromatic carbocycles. The van der Waals surface area contributed by atoms with Gasteiger partial charge in [0.15, 0.2) is 0 Å². The van der Waals surface area contributed by atoms with Gasteiger partial charge in [0.1, 0.15) is 0 Å². The molecule has 1 unspecified atom stereocenters. The van der Waals surface area contributed by atoms with Gasteiger partial charge in [0, 0.05) is 29.3 Å². The van der Waals surface area contributed by atoms with E-state index in [-0.39, 0.29) is 12.6 Å². The van der Waals surface area contributed by atoms with Gasteiger partial charge in [-0.05, 0) is 36.6 Å². The summed E-state index contributed by atoms with van der Waals surface area (Å²) in [5, 5.41) is 13.1. The summed E-state index contributed by atoms with van der Waals surface area (Å²) in [6.07, 6.45) is 2.58. The summed E-state index contributed by atoms with van der Waals surface area (Å²) in [6.45, 7) is 3.17. The molecule has 2 fully saturated rings. The Balaban J connectivity index is 1.81. The van der Waals surface area contributed by atoms with Gasteiger partial charge in [0.25, 0.3) is 0 Å². The number of anilines is 1. The van der Waals surface area contributed by atoms with Crippen molar-refractivity contribution in [2.24, 2.45) is 0 Å². The standard InChI is InChI=1S/C15H21BrN2O2/c16-12-1-4-15(11(7-12)8-17-13-2-3-13)18-5-6-20-10-14(18)9-19/h1,4,7,13-14,17,19H,2-3,5-6,8-10H2. The highest BCUT2D eigenvalue weighted by molar-refractivity contribution is 9.10. The lowest BCUT2D eigenvalue weighted by Gasteiger charge is -2.37. The summed E-state index contributed by atoms with van der Waals surface area (Å²) >= 11 is 3.55. The highest BCUT2D eigenvalue weighted by atomic mass is 79.9. The van der Waals surface area contributed by atoms with Crippen molar-refractivity contribution in [1.82, 2.24) is 5.32 Å². The Labute approximate surface area is 128 Å². The minimum Gasteiger partial charge on any atom is -0.394 e. The normalized spacial score (nSPS) is 23.1. The molecule has 110 valence electrons. The second-order valence-electron chi connectivity index (χ2n) is 5.53. The molecule has 2 N–H and O–H groups in total. The van der Waals surface area contributed by atoms with Crippen molar-refractivity contribution in [2.45, 2.75) is 31.5 Å². The smallest absolute Gasteiger partial charge is 0.0755 e. The molecule has 1 aliphatic carbocycles. The summed E-state index contributed by atoms with van der Waals surface area (Å²) in [7, 11) is 0. The molecule has 0 spiro atoms. The molecule has 0 bridgehead atoms. The fourth-order valence-corrected chi connectivity index (χ4v) is 3.05. The number of hydrogen-bond donors (Lipinski definition) is 2. The quantitative estimate of drug-likeness (QED) is 0.859. The summed E-state index contributed by atoms with van der Waals surface area (Å²) in [5.41, 5.74) is 2.50. The van der Waals surface area contributed by atoms with Crippen LogP contribution in [0.4, 0.5) is 5.69 Å². The molecule has 4 nitrogen and oxygen atoms in total. The summed E-state index contributed by atoms with van der Waals surface area (Å²) in [5.74, 6) is 0. The highest BCUT2D eigenvalue weighted by Gasteiger charge is 2.25. The van der Waals surface area contributed by atoms with Crippen molar-refractivity contribution in [3.05, 3.63) is 28.2 Å². The molecule has 5 heteroatoms. The highest BCUT2D eigenvalue weighted by Crippen LogP contribution is 2.28. The van der Waals surface area contributed by atoms with E-state index in [0.29, 0.717) is 12.6 Å². The summed E-state index contributed by atoms with van der Waals surface area (Å²) in [6, 6.07) is 7.14. The zero-order chi connectivity index (χ0) is 13.9. The monoisotopic (exact) mass is 340 g/mol. The molecule has 0 radical (unpaired) electrons. The molecule has 3 rings (SSSR count). The van der Waals surface area contributed by atoms with Crippen molar-refractivity contribution >= 4 is 21.6 Å². The fourth-order valence-electron chi connectivity index (χ4n) is 2.64. The van der Waals surface area contributed by atoms with E-state index in [4.69, 9.17) is 4.74 Å². The van der Waals surface area contributed by atoms with Gasteiger partial charge in [-0.1, -0.05) is 15.9 Å². The van der Waals surface area contributed by atoms with Crippen LogP contribution in [0.25, 0.3) is 0 Å². The first-order chi connectivity index (χ1) is 9.78. The lowest BCUT2D eigenvalue weighted by atomic mass is 10.1. The van der Waals surface area contributed by atoms with E-state index in [2.05, 4.69) is 44.3 Å². The Kier molecular flexibility index (Phi) is 4.61. The summed E-state index contributed by atoms with van der Waals surface area (Å²) in [4.78, 5) is 2.28. The van der Waals surface area contributed by atoms with Crippen LogP contribution in [0, 0.1) is 0 Å². The molecule has 1 atom stereocenters. The van der Waals surface area contributed by atoms with Crippen LogP contribution in [0.15, 0.2) is 22.7 Å². The number of aliphatic hydroxyl groups excluding tert-OH is 1. The van der Waals surface area contributed by atoms with E-state index < -0.39 is 0 Å². The van der Waals surface area contributed by atoms with Crippen molar-refractivity contribution in [1.29, 1.82) is 0 Å². The number of morpholine rings is 1. The van der Waals surface area contributed by atoms with Gasteiger partial charge in [0.2, 0.25) is 0 Å². The number of benzene rings is 1. The van der Waals surface area contributed by atoms with Crippen LogP contribution in [-0.2, 0) is 11.3 Å². The maximum atomic E-state index is 9.55. The number of hydrogen-bond acceptors (Lipinski definition) is 4. The second kappa shape index (κ2) is 6.43. The fraction of sp³-hybridized carbons (Fsp3) is 0.600. The molecule has 1 aliphatic heterocycles. The average Bonchev–Trinajstić information content (AvgIpc) is 3.29. The van der Waals surface area contributed by atoms with E-state index in [1.165, 1.54) is 24.1 Å². The van der Waals surface area contributed by atoms with Gasteiger partial charge in [-0.2, -0.15) is 0 Å². The Morgan fingerprint density at radius 1 is 1.40 bits per heavy atom. The lowest BCUT2D eigenvalue weighted by Crippen LogP contribution is -2.48. The number of halogens is 1. The number of nitrogens with one attached hydrogen (secondary N) is 1. The lowest BCUT2D eigenvalue weighted by molar-refractivity contribution is 0.0726. The minimum atomic E-state index is 0.0598. The van der Waals surface area contributed by atoms with Gasteiger partial charge >= 0.3 is 0 Å². The average molecular weight is 341 g/mol. The molecule has 20 heavy (non-hydrogen) atoms. The van der Waals surface area contributed by atoms with Crippen molar-refractivity contribution in [3.63, 3.8) is 0 Å². The molecule has 1 heterocycles. The zero-order valence-electron chi connectivity index (χ0n) is 11.5. The predicted molar refractivity (Wildman–Crippen MR) is 83.0 cm³/mol. The van der Waals surface area contributed by atoms with Gasteiger partial charge in [-0.3, -0.25) is 0 Å².